The molecule has 0 unspecified atom stereocenters. The Morgan fingerprint density at radius 3 is 0.390 bits per heavy atom. The maximum absolute atomic E-state index is 2.63. The van der Waals surface area contributed by atoms with Gasteiger partial charge in [0.2, 0.25) is 0 Å². The fraction of sp³-hybridized carbons (Fsp3) is 0. The van der Waals surface area contributed by atoms with E-state index in [9.17, 15) is 0 Å². The number of rotatable bonds is 21. The second kappa shape index (κ2) is 29.8. The van der Waals surface area contributed by atoms with Crippen molar-refractivity contribution >= 4 is 140 Å². The molecule has 0 saturated carbocycles. The van der Waals surface area contributed by atoms with Crippen molar-refractivity contribution in [1.82, 2.24) is 0 Å². The maximum Gasteiger partial charge on any atom is 0.179 e. The average Bonchev–Trinajstić information content (AvgIpc) is 0.751. The smallest absolute Gasteiger partial charge is 0.179 e. The van der Waals surface area contributed by atoms with Gasteiger partial charge in [0.05, 0.1) is 0 Å². The highest BCUT2D eigenvalue weighted by Gasteiger charge is 2.44. The topological polar surface area (TPSA) is 3.24 Å². The predicted molar refractivity (Wildman–Crippen MR) is 438 cm³/mol. The van der Waals surface area contributed by atoms with Gasteiger partial charge in [-0.25, -0.2) is 0 Å². The third-order valence-corrected chi connectivity index (χ3v) is 34.1. The number of anilines is 3. The second-order valence-electron chi connectivity index (χ2n) is 25.5. The molecule has 0 saturated heterocycles. The maximum atomic E-state index is 2.36. The van der Waals surface area contributed by atoms with E-state index in [0.29, 0.717) is 0 Å². The molecule has 0 aromatic heterocycles. The summed E-state index contributed by atoms with van der Waals surface area (Å²) in [6.45, 7) is 0. The molecular weight excluding hydrogens is 1250 g/mol. The summed E-state index contributed by atoms with van der Waals surface area (Å²) in [5.41, 5.74) is 10.0. The van der Waals surface area contributed by atoms with E-state index in [0.717, 1.165) is 50.4 Å². The predicted octanol–water partition coefficient (Wildman–Crippen LogP) is 15.8. The second-order valence-corrected chi connectivity index (χ2v) is 36.9. The van der Waals surface area contributed by atoms with E-state index in [1.807, 2.05) is 0 Å². The van der Waals surface area contributed by atoms with Gasteiger partial charge >= 0.3 is 0 Å². The Morgan fingerprint density at radius 1 is 0.130 bits per heavy atom. The summed E-state index contributed by atoms with van der Waals surface area (Å²) in [6.07, 6.45) is 13.4. The minimum Gasteiger partial charge on any atom is -0.311 e. The lowest BCUT2D eigenvalue weighted by Gasteiger charge is -2.34. The normalized spacial score (nSPS) is 11.9. The van der Waals surface area contributed by atoms with Crippen LogP contribution >= 0.6 is 0 Å². The molecule has 0 aliphatic heterocycles. The highest BCUT2D eigenvalue weighted by molar-refractivity contribution is 7.21. The fourth-order valence-corrected chi connectivity index (χ4v) is 29.2. The average molecular weight is 1330 g/mol. The van der Waals surface area contributed by atoms with Crippen molar-refractivity contribution in [3.63, 3.8) is 0 Å². The first kappa shape index (κ1) is 64.0. The van der Waals surface area contributed by atoms with Crippen LogP contribution in [-0.2, 0) is 0 Å². The van der Waals surface area contributed by atoms with Crippen molar-refractivity contribution in [2.45, 2.75) is 0 Å². The quantitative estimate of drug-likeness (QED) is 0.0394. The highest BCUT2D eigenvalue weighted by Crippen LogP contribution is 2.36. The van der Waals surface area contributed by atoms with Crippen LogP contribution < -0.4 is 67.1 Å². The van der Waals surface area contributed by atoms with Crippen molar-refractivity contribution in [2.24, 2.45) is 0 Å². The number of hydrogen-bond donors (Lipinski definition) is 0. The van der Waals surface area contributed by atoms with Crippen LogP contribution in [0.3, 0.4) is 0 Å². The van der Waals surface area contributed by atoms with Crippen molar-refractivity contribution in [3.8, 4) is 0 Å². The summed E-state index contributed by atoms with van der Waals surface area (Å²) in [5.74, 6) is 0. The Morgan fingerprint density at radius 2 is 0.250 bits per heavy atom. The first-order valence-corrected chi connectivity index (χ1v) is 40.5. The van der Waals surface area contributed by atoms with Crippen molar-refractivity contribution < 1.29 is 0 Å². The van der Waals surface area contributed by atoms with E-state index in [4.69, 9.17) is 0 Å². The zero-order valence-corrected chi connectivity index (χ0v) is 58.7. The van der Waals surface area contributed by atoms with Crippen LogP contribution in [-0.4, -0.2) is 24.2 Å². The van der Waals surface area contributed by atoms with Gasteiger partial charge < -0.3 is 4.90 Å². The van der Waals surface area contributed by atoms with E-state index >= 15 is 0 Å². The van der Waals surface area contributed by atoms with Gasteiger partial charge in [0, 0.05) is 17.1 Å². The number of benzene rings is 15. The summed E-state index contributed by atoms with van der Waals surface area (Å²) in [6, 6.07) is 155. The van der Waals surface area contributed by atoms with E-state index in [1.54, 1.807) is 0 Å². The third-order valence-electron chi connectivity index (χ3n) is 19.8. The standard InChI is InChI=1S/C96H75NSi3/c1-10-28-85(29-11-1)98(86-30-12-2-13-31-86,87-32-14-3-15-33-87)94-70-58-79(59-71-94)49-46-76-52-64-82(65-53-76)97(83-66-54-77(55-67-83)47-50-80-60-72-95(73-61-80)99(88-34-16-4-17-35-88,89-36-18-5-19-37-89)90-38-20-6-21-39-90)84-68-56-78(57-69-84)48-51-81-62-74-96(75-63-81)100(91-40-22-7-23-41-91,92-42-24-8-25-43-92)93-44-26-9-27-45-93/h1-75H/b49-46+,50-47+,51-48+. The zero-order chi connectivity index (χ0) is 67.2. The van der Waals surface area contributed by atoms with Gasteiger partial charge in [0.1, 0.15) is 0 Å². The summed E-state index contributed by atoms with van der Waals surface area (Å²) < 4.78 is 0. The van der Waals surface area contributed by atoms with Gasteiger partial charge in [-0.1, -0.05) is 419 Å². The van der Waals surface area contributed by atoms with Gasteiger partial charge in [0.25, 0.3) is 0 Å². The molecule has 15 rings (SSSR count). The molecule has 0 amide bonds. The lowest BCUT2D eigenvalue weighted by Crippen LogP contribution is -2.74. The molecule has 100 heavy (non-hydrogen) atoms. The lowest BCUT2D eigenvalue weighted by atomic mass is 10.1. The van der Waals surface area contributed by atoms with Crippen LogP contribution in [0.5, 0.6) is 0 Å². The summed E-state index contributed by atoms with van der Waals surface area (Å²) in [5, 5.41) is 16.4. The molecule has 0 bridgehead atoms. The molecule has 0 atom stereocenters. The summed E-state index contributed by atoms with van der Waals surface area (Å²) >= 11 is 0. The van der Waals surface area contributed by atoms with Crippen molar-refractivity contribution in [3.05, 3.63) is 452 Å². The molecule has 0 aliphatic carbocycles. The molecule has 15 aromatic rings. The Hall–Kier alpha value is -12.0. The molecule has 476 valence electrons. The van der Waals surface area contributed by atoms with E-state index in [-0.39, 0.29) is 0 Å². The molecule has 0 aliphatic rings. The van der Waals surface area contributed by atoms with E-state index in [1.165, 1.54) is 62.2 Å². The Kier molecular flexibility index (Phi) is 19.0. The van der Waals surface area contributed by atoms with Crippen LogP contribution in [0, 0.1) is 0 Å². The molecule has 0 radical (unpaired) electrons. The van der Waals surface area contributed by atoms with Crippen LogP contribution in [0.25, 0.3) is 36.5 Å². The van der Waals surface area contributed by atoms with Crippen LogP contribution in [0.2, 0.25) is 0 Å². The SMILES string of the molecule is C(=C\c1ccc([Si](c2ccccc2)(c2ccccc2)c2ccccc2)cc1)/c1ccc(N(c2ccc(/C=C/c3ccc([Si](c4ccccc4)(c4ccccc4)c4ccccc4)cc3)cc2)c2ccc(/C=C/c3ccc([Si](c4ccccc4)(c4ccccc4)c4ccccc4)cc3)cc2)cc1. The van der Waals surface area contributed by atoms with Crippen molar-refractivity contribution in [2.75, 3.05) is 4.90 Å². The van der Waals surface area contributed by atoms with Crippen LogP contribution in [0.15, 0.2) is 419 Å². The molecule has 0 fully saturated rings. The van der Waals surface area contributed by atoms with Gasteiger partial charge in [-0.05, 0) is 132 Å². The summed E-state index contributed by atoms with van der Waals surface area (Å²) in [4.78, 5) is 2.36. The molecule has 0 N–H and O–H groups in total. The first-order valence-electron chi connectivity index (χ1n) is 34.5. The summed E-state index contributed by atoms with van der Waals surface area (Å²) in [7, 11) is -7.89. The van der Waals surface area contributed by atoms with Gasteiger partial charge in [-0.2, -0.15) is 0 Å². The minimum absolute atomic E-state index is 1.07. The van der Waals surface area contributed by atoms with Crippen molar-refractivity contribution in [1.29, 1.82) is 0 Å². The number of nitrogens with zero attached hydrogens (tertiary/aromatic N) is 1. The largest absolute Gasteiger partial charge is 0.311 e. The number of hydrogen-bond acceptors (Lipinski definition) is 1. The van der Waals surface area contributed by atoms with E-state index in [2.05, 4.69) is 460 Å². The first-order chi connectivity index (χ1) is 49.6. The Balaban J connectivity index is 0.722. The molecule has 0 spiro atoms. The van der Waals surface area contributed by atoms with Crippen LogP contribution in [0.4, 0.5) is 17.1 Å². The van der Waals surface area contributed by atoms with Gasteiger partial charge in [-0.3, -0.25) is 0 Å². The molecular formula is C96H75NSi3. The monoisotopic (exact) mass is 1330 g/mol. The fourth-order valence-electron chi connectivity index (χ4n) is 15.0. The highest BCUT2D eigenvalue weighted by atomic mass is 28.3. The molecule has 0 heterocycles. The Labute approximate surface area is 592 Å². The zero-order valence-electron chi connectivity index (χ0n) is 55.7. The molecule has 4 heteroatoms. The van der Waals surface area contributed by atoms with Gasteiger partial charge in [0.15, 0.2) is 24.2 Å². The van der Waals surface area contributed by atoms with E-state index < -0.39 is 24.2 Å². The van der Waals surface area contributed by atoms with Crippen LogP contribution in [0.1, 0.15) is 33.4 Å². The lowest BCUT2D eigenvalue weighted by molar-refractivity contribution is 1.28. The minimum atomic E-state index is -2.63. The molecule has 1 nitrogen and oxygen atoms in total. The Bertz CT molecular complexity index is 4360. The third kappa shape index (κ3) is 12.9. The molecule has 15 aromatic carbocycles. The van der Waals surface area contributed by atoms with Gasteiger partial charge in [-0.15, -0.1) is 0 Å².